The molecule has 0 bridgehead atoms. The van der Waals surface area contributed by atoms with E-state index in [1.165, 1.54) is 6.42 Å². The molecule has 2 aromatic rings. The second kappa shape index (κ2) is 6.39. The van der Waals surface area contributed by atoms with Gasteiger partial charge in [-0.05, 0) is 43.4 Å². The summed E-state index contributed by atoms with van der Waals surface area (Å²) >= 11 is 6.02. The van der Waals surface area contributed by atoms with Crippen LogP contribution in [0, 0.1) is 11.8 Å². The van der Waals surface area contributed by atoms with Crippen LogP contribution in [-0.2, 0) is 0 Å². The Kier molecular flexibility index (Phi) is 4.50. The minimum Gasteiger partial charge on any atom is -0.419 e. The van der Waals surface area contributed by atoms with Gasteiger partial charge in [0.05, 0.1) is 6.04 Å². The van der Waals surface area contributed by atoms with Gasteiger partial charge in [-0.2, -0.15) is 0 Å². The zero-order valence-electron chi connectivity index (χ0n) is 13.3. The van der Waals surface area contributed by atoms with Crippen LogP contribution in [0.25, 0.3) is 11.5 Å². The van der Waals surface area contributed by atoms with Crippen LogP contribution < -0.4 is 0 Å². The van der Waals surface area contributed by atoms with Crippen LogP contribution in [0.4, 0.5) is 0 Å². The third-order valence-corrected chi connectivity index (χ3v) is 4.55. The standard InChI is InChI=1S/C17H22ClN3O/c1-11-7-12(2)10-21(9-11)13(3)16-19-20-17(22-16)14-5-4-6-15(18)8-14/h4-6,8,11-13H,7,9-10H2,1-3H3. The van der Waals surface area contributed by atoms with E-state index in [1.807, 2.05) is 24.3 Å². The largest absolute Gasteiger partial charge is 0.419 e. The second-order valence-electron chi connectivity index (χ2n) is 6.53. The van der Waals surface area contributed by atoms with Gasteiger partial charge in [-0.25, -0.2) is 0 Å². The maximum atomic E-state index is 6.02. The Morgan fingerprint density at radius 3 is 2.64 bits per heavy atom. The molecule has 0 spiro atoms. The third kappa shape index (κ3) is 3.33. The monoisotopic (exact) mass is 319 g/mol. The molecule has 1 aliphatic heterocycles. The second-order valence-corrected chi connectivity index (χ2v) is 6.97. The van der Waals surface area contributed by atoms with Gasteiger partial charge < -0.3 is 4.42 Å². The lowest BCUT2D eigenvalue weighted by Crippen LogP contribution is -2.40. The summed E-state index contributed by atoms with van der Waals surface area (Å²) < 4.78 is 5.89. The van der Waals surface area contributed by atoms with E-state index < -0.39 is 0 Å². The Bertz CT molecular complexity index is 632. The molecule has 1 saturated heterocycles. The van der Waals surface area contributed by atoms with Crippen LogP contribution in [0.5, 0.6) is 0 Å². The van der Waals surface area contributed by atoms with Gasteiger partial charge in [0.25, 0.3) is 0 Å². The van der Waals surface area contributed by atoms with E-state index in [2.05, 4.69) is 35.9 Å². The van der Waals surface area contributed by atoms with E-state index >= 15 is 0 Å². The minimum absolute atomic E-state index is 0.144. The fraction of sp³-hybridized carbons (Fsp3) is 0.529. The van der Waals surface area contributed by atoms with Crippen LogP contribution in [0.15, 0.2) is 28.7 Å². The molecule has 1 fully saturated rings. The Morgan fingerprint density at radius 2 is 1.95 bits per heavy atom. The molecule has 0 aliphatic carbocycles. The summed E-state index contributed by atoms with van der Waals surface area (Å²) in [5.74, 6) is 2.63. The smallest absolute Gasteiger partial charge is 0.247 e. The maximum Gasteiger partial charge on any atom is 0.247 e. The summed E-state index contributed by atoms with van der Waals surface area (Å²) in [5.41, 5.74) is 0.860. The summed E-state index contributed by atoms with van der Waals surface area (Å²) in [5, 5.41) is 9.10. The first kappa shape index (κ1) is 15.5. The Labute approximate surface area is 136 Å². The molecular formula is C17H22ClN3O. The molecule has 118 valence electrons. The van der Waals surface area contributed by atoms with Gasteiger partial charge in [-0.1, -0.05) is 31.5 Å². The Morgan fingerprint density at radius 1 is 1.23 bits per heavy atom. The Balaban J connectivity index is 1.78. The number of hydrogen-bond acceptors (Lipinski definition) is 4. The SMILES string of the molecule is CC1CC(C)CN(C(C)c2nnc(-c3cccc(Cl)c3)o2)C1. The number of likely N-dealkylation sites (tertiary alicyclic amines) is 1. The number of hydrogen-bond donors (Lipinski definition) is 0. The highest BCUT2D eigenvalue weighted by Gasteiger charge is 2.28. The summed E-state index contributed by atoms with van der Waals surface area (Å²) in [7, 11) is 0. The van der Waals surface area contributed by atoms with E-state index in [1.54, 1.807) is 0 Å². The van der Waals surface area contributed by atoms with Crippen molar-refractivity contribution in [2.24, 2.45) is 11.8 Å². The minimum atomic E-state index is 0.144. The van der Waals surface area contributed by atoms with Gasteiger partial charge in [0.1, 0.15) is 0 Å². The van der Waals surface area contributed by atoms with E-state index in [-0.39, 0.29) is 6.04 Å². The fourth-order valence-electron chi connectivity index (χ4n) is 3.33. The van der Waals surface area contributed by atoms with Crippen LogP contribution in [-0.4, -0.2) is 28.2 Å². The molecule has 0 amide bonds. The number of aromatic nitrogens is 2. The van der Waals surface area contributed by atoms with E-state index in [9.17, 15) is 0 Å². The molecule has 0 N–H and O–H groups in total. The van der Waals surface area contributed by atoms with Crippen molar-refractivity contribution in [1.82, 2.24) is 15.1 Å². The van der Waals surface area contributed by atoms with Crippen molar-refractivity contribution in [2.75, 3.05) is 13.1 Å². The highest BCUT2D eigenvalue weighted by atomic mass is 35.5. The lowest BCUT2D eigenvalue weighted by Gasteiger charge is -2.37. The molecule has 0 saturated carbocycles. The van der Waals surface area contributed by atoms with Gasteiger partial charge in [0.15, 0.2) is 0 Å². The molecule has 0 radical (unpaired) electrons. The first-order chi connectivity index (χ1) is 10.5. The van der Waals surface area contributed by atoms with Crippen molar-refractivity contribution in [3.8, 4) is 11.5 Å². The van der Waals surface area contributed by atoms with Crippen LogP contribution in [0.2, 0.25) is 5.02 Å². The molecule has 3 unspecified atom stereocenters. The summed E-state index contributed by atoms with van der Waals surface area (Å²) in [4.78, 5) is 2.44. The molecule has 3 atom stereocenters. The highest BCUT2D eigenvalue weighted by molar-refractivity contribution is 6.30. The highest BCUT2D eigenvalue weighted by Crippen LogP contribution is 2.30. The lowest BCUT2D eigenvalue weighted by atomic mass is 9.91. The average Bonchev–Trinajstić information content (AvgIpc) is 2.95. The van der Waals surface area contributed by atoms with Crippen molar-refractivity contribution in [2.45, 2.75) is 33.2 Å². The third-order valence-electron chi connectivity index (χ3n) is 4.31. The summed E-state index contributed by atoms with van der Waals surface area (Å²) in [6.07, 6.45) is 1.29. The zero-order valence-corrected chi connectivity index (χ0v) is 14.0. The van der Waals surface area contributed by atoms with Crippen LogP contribution >= 0.6 is 11.6 Å². The summed E-state index contributed by atoms with van der Waals surface area (Å²) in [6.45, 7) is 8.92. The lowest BCUT2D eigenvalue weighted by molar-refractivity contribution is 0.0903. The van der Waals surface area contributed by atoms with Crippen LogP contribution in [0.3, 0.4) is 0 Å². The molecule has 1 aliphatic rings. The molecule has 2 heterocycles. The van der Waals surface area contributed by atoms with Gasteiger partial charge in [-0.3, -0.25) is 4.90 Å². The number of rotatable bonds is 3. The van der Waals surface area contributed by atoms with Gasteiger partial charge in [0, 0.05) is 23.7 Å². The molecule has 4 nitrogen and oxygen atoms in total. The average molecular weight is 320 g/mol. The predicted molar refractivity (Wildman–Crippen MR) is 87.7 cm³/mol. The van der Waals surface area contributed by atoms with E-state index in [4.69, 9.17) is 16.0 Å². The van der Waals surface area contributed by atoms with Crippen LogP contribution in [0.1, 0.15) is 39.1 Å². The quantitative estimate of drug-likeness (QED) is 0.839. The van der Waals surface area contributed by atoms with E-state index in [0.717, 1.165) is 18.7 Å². The first-order valence-electron chi connectivity index (χ1n) is 7.86. The predicted octanol–water partition coefficient (Wildman–Crippen LogP) is 4.43. The van der Waals surface area contributed by atoms with Gasteiger partial charge in [-0.15, -0.1) is 10.2 Å². The maximum absolute atomic E-state index is 6.02. The first-order valence-corrected chi connectivity index (χ1v) is 8.24. The van der Waals surface area contributed by atoms with Crippen molar-refractivity contribution < 1.29 is 4.42 Å². The fourth-order valence-corrected chi connectivity index (χ4v) is 3.52. The van der Waals surface area contributed by atoms with E-state index in [0.29, 0.717) is 28.6 Å². The number of benzene rings is 1. The molecule has 5 heteroatoms. The summed E-state index contributed by atoms with van der Waals surface area (Å²) in [6, 6.07) is 7.64. The van der Waals surface area contributed by atoms with Crippen molar-refractivity contribution in [3.63, 3.8) is 0 Å². The topological polar surface area (TPSA) is 42.2 Å². The van der Waals surface area contributed by atoms with Gasteiger partial charge >= 0.3 is 0 Å². The Hall–Kier alpha value is -1.39. The molecule has 1 aromatic heterocycles. The molecule has 1 aromatic carbocycles. The van der Waals surface area contributed by atoms with Crippen molar-refractivity contribution in [3.05, 3.63) is 35.2 Å². The van der Waals surface area contributed by atoms with Crippen molar-refractivity contribution >= 4 is 11.6 Å². The number of nitrogens with zero attached hydrogens (tertiary/aromatic N) is 3. The molecule has 3 rings (SSSR count). The number of halogens is 1. The van der Waals surface area contributed by atoms with Crippen molar-refractivity contribution in [1.29, 1.82) is 0 Å². The normalized spacial score (nSPS) is 24.4. The molecular weight excluding hydrogens is 298 g/mol. The zero-order chi connectivity index (χ0) is 15.7. The molecule has 22 heavy (non-hydrogen) atoms. The number of piperidine rings is 1. The van der Waals surface area contributed by atoms with Gasteiger partial charge in [0.2, 0.25) is 11.8 Å².